The van der Waals surface area contributed by atoms with Crippen LogP contribution >= 0.6 is 0 Å². The fourth-order valence-electron chi connectivity index (χ4n) is 1.86. The number of urea groups is 1. The van der Waals surface area contributed by atoms with Gasteiger partial charge in [0.05, 0.1) is 19.1 Å². The SMILES string of the molecule is COCC(C)NC(=O)N(CCC(=O)O)c1ccc(C)cc1. The van der Waals surface area contributed by atoms with Gasteiger partial charge in [0.25, 0.3) is 0 Å². The first kappa shape index (κ1) is 17.0. The second-order valence-electron chi connectivity index (χ2n) is 4.94. The monoisotopic (exact) mass is 294 g/mol. The molecule has 2 amide bonds. The first-order valence-electron chi connectivity index (χ1n) is 6.79. The maximum absolute atomic E-state index is 12.3. The molecule has 0 saturated heterocycles. The lowest BCUT2D eigenvalue weighted by atomic mass is 10.2. The molecule has 1 aromatic rings. The van der Waals surface area contributed by atoms with Crippen LogP contribution in [-0.2, 0) is 9.53 Å². The second-order valence-corrected chi connectivity index (χ2v) is 4.94. The van der Waals surface area contributed by atoms with Gasteiger partial charge in [-0.25, -0.2) is 4.79 Å². The number of carboxylic acid groups (broad SMARTS) is 1. The summed E-state index contributed by atoms with van der Waals surface area (Å²) >= 11 is 0. The number of carbonyl (C=O) groups excluding carboxylic acids is 1. The third kappa shape index (κ3) is 5.83. The number of rotatable bonds is 7. The lowest BCUT2D eigenvalue weighted by Crippen LogP contribution is -2.46. The highest BCUT2D eigenvalue weighted by molar-refractivity contribution is 5.92. The van der Waals surface area contributed by atoms with Crippen LogP contribution in [0.25, 0.3) is 0 Å². The Labute approximate surface area is 124 Å². The number of ether oxygens (including phenoxy) is 1. The van der Waals surface area contributed by atoms with Crippen molar-refractivity contribution in [1.29, 1.82) is 0 Å². The van der Waals surface area contributed by atoms with Crippen molar-refractivity contribution in [2.75, 3.05) is 25.2 Å². The Balaban J connectivity index is 2.83. The van der Waals surface area contributed by atoms with Crippen molar-refractivity contribution in [3.05, 3.63) is 29.8 Å². The summed E-state index contributed by atoms with van der Waals surface area (Å²) in [4.78, 5) is 24.5. The second kappa shape index (κ2) is 8.26. The minimum Gasteiger partial charge on any atom is -0.481 e. The van der Waals surface area contributed by atoms with Gasteiger partial charge in [0.15, 0.2) is 0 Å². The highest BCUT2D eigenvalue weighted by Gasteiger charge is 2.18. The van der Waals surface area contributed by atoms with Gasteiger partial charge in [-0.3, -0.25) is 9.69 Å². The van der Waals surface area contributed by atoms with E-state index in [1.165, 1.54) is 4.90 Å². The summed E-state index contributed by atoms with van der Waals surface area (Å²) in [6.45, 7) is 4.29. The van der Waals surface area contributed by atoms with Crippen LogP contribution in [0, 0.1) is 6.92 Å². The van der Waals surface area contributed by atoms with E-state index < -0.39 is 5.97 Å². The molecule has 1 aromatic carbocycles. The normalized spacial score (nSPS) is 11.8. The zero-order valence-corrected chi connectivity index (χ0v) is 12.6. The molecule has 1 atom stereocenters. The summed E-state index contributed by atoms with van der Waals surface area (Å²) in [7, 11) is 1.56. The number of nitrogens with one attached hydrogen (secondary N) is 1. The van der Waals surface area contributed by atoms with Crippen LogP contribution in [0.4, 0.5) is 10.5 Å². The van der Waals surface area contributed by atoms with Crippen LogP contribution in [0.15, 0.2) is 24.3 Å². The Kier molecular flexibility index (Phi) is 6.68. The van der Waals surface area contributed by atoms with Gasteiger partial charge in [0.2, 0.25) is 0 Å². The third-order valence-electron chi connectivity index (χ3n) is 2.93. The smallest absolute Gasteiger partial charge is 0.322 e. The first-order chi connectivity index (χ1) is 9.93. The maximum Gasteiger partial charge on any atom is 0.322 e. The fraction of sp³-hybridized carbons (Fsp3) is 0.467. The van der Waals surface area contributed by atoms with E-state index in [1.807, 2.05) is 26.0 Å². The largest absolute Gasteiger partial charge is 0.481 e. The first-order valence-corrected chi connectivity index (χ1v) is 6.79. The van der Waals surface area contributed by atoms with Crippen molar-refractivity contribution in [1.82, 2.24) is 5.32 Å². The number of aliphatic carboxylic acids is 1. The number of hydrogen-bond donors (Lipinski definition) is 2. The zero-order chi connectivity index (χ0) is 15.8. The zero-order valence-electron chi connectivity index (χ0n) is 12.6. The number of nitrogens with zero attached hydrogens (tertiary/aromatic N) is 1. The molecule has 0 aliphatic heterocycles. The Bertz CT molecular complexity index is 473. The predicted octanol–water partition coefficient (Wildman–Crippen LogP) is 2.02. The average molecular weight is 294 g/mol. The molecule has 6 nitrogen and oxygen atoms in total. The third-order valence-corrected chi connectivity index (χ3v) is 2.93. The Morgan fingerprint density at radius 2 is 1.95 bits per heavy atom. The lowest BCUT2D eigenvalue weighted by molar-refractivity contribution is -0.136. The molecule has 1 rings (SSSR count). The number of benzene rings is 1. The fourth-order valence-corrected chi connectivity index (χ4v) is 1.86. The topological polar surface area (TPSA) is 78.9 Å². The molecule has 0 fully saturated rings. The van der Waals surface area contributed by atoms with Crippen molar-refractivity contribution in [3.8, 4) is 0 Å². The van der Waals surface area contributed by atoms with Gasteiger partial charge in [-0.2, -0.15) is 0 Å². The molecular formula is C15H22N2O4. The summed E-state index contributed by atoms with van der Waals surface area (Å²) in [6.07, 6.45) is -0.111. The van der Waals surface area contributed by atoms with Crippen LogP contribution in [-0.4, -0.2) is 43.4 Å². The summed E-state index contributed by atoms with van der Waals surface area (Å²) < 4.78 is 4.98. The molecule has 1 unspecified atom stereocenters. The lowest BCUT2D eigenvalue weighted by Gasteiger charge is -2.25. The maximum atomic E-state index is 12.3. The molecule has 0 heterocycles. The molecule has 0 spiro atoms. The van der Waals surface area contributed by atoms with Crippen molar-refractivity contribution in [3.63, 3.8) is 0 Å². The number of aryl methyl sites for hydroxylation is 1. The van der Waals surface area contributed by atoms with Gasteiger partial charge in [-0.1, -0.05) is 17.7 Å². The number of carbonyl (C=O) groups is 2. The van der Waals surface area contributed by atoms with E-state index in [4.69, 9.17) is 9.84 Å². The number of carboxylic acids is 1. The van der Waals surface area contributed by atoms with E-state index in [0.29, 0.717) is 12.3 Å². The molecule has 6 heteroatoms. The van der Waals surface area contributed by atoms with Crippen LogP contribution < -0.4 is 10.2 Å². The minimum absolute atomic E-state index is 0.111. The van der Waals surface area contributed by atoms with Crippen LogP contribution in [0.1, 0.15) is 18.9 Å². The minimum atomic E-state index is -0.940. The molecule has 0 aromatic heterocycles. The standard InChI is InChI=1S/C15H22N2O4/c1-11-4-6-13(7-5-11)17(9-8-14(18)19)15(20)16-12(2)10-21-3/h4-7,12H,8-10H2,1-3H3,(H,16,20)(H,18,19). The van der Waals surface area contributed by atoms with E-state index in [1.54, 1.807) is 19.2 Å². The van der Waals surface area contributed by atoms with Gasteiger partial charge < -0.3 is 15.2 Å². The summed E-state index contributed by atoms with van der Waals surface area (Å²) in [6, 6.07) is 6.89. The van der Waals surface area contributed by atoms with Crippen molar-refractivity contribution >= 4 is 17.7 Å². The molecule has 0 radical (unpaired) electrons. The van der Waals surface area contributed by atoms with Crippen LogP contribution in [0.2, 0.25) is 0 Å². The molecule has 0 aliphatic rings. The molecule has 0 bridgehead atoms. The van der Waals surface area contributed by atoms with Crippen molar-refractivity contribution < 1.29 is 19.4 Å². The number of methoxy groups -OCH3 is 1. The number of hydrogen-bond acceptors (Lipinski definition) is 3. The molecule has 0 saturated carbocycles. The van der Waals surface area contributed by atoms with E-state index in [-0.39, 0.29) is 25.0 Å². The Morgan fingerprint density at radius 3 is 2.48 bits per heavy atom. The molecule has 116 valence electrons. The van der Waals surface area contributed by atoms with Crippen molar-refractivity contribution in [2.24, 2.45) is 0 Å². The Morgan fingerprint density at radius 1 is 1.33 bits per heavy atom. The van der Waals surface area contributed by atoms with E-state index in [9.17, 15) is 9.59 Å². The quantitative estimate of drug-likeness (QED) is 0.806. The van der Waals surface area contributed by atoms with E-state index in [2.05, 4.69) is 5.32 Å². The van der Waals surface area contributed by atoms with Gasteiger partial charge in [-0.15, -0.1) is 0 Å². The Hall–Kier alpha value is -2.08. The highest BCUT2D eigenvalue weighted by Crippen LogP contribution is 2.16. The van der Waals surface area contributed by atoms with Gasteiger partial charge in [0, 0.05) is 19.3 Å². The van der Waals surface area contributed by atoms with Crippen molar-refractivity contribution in [2.45, 2.75) is 26.3 Å². The van der Waals surface area contributed by atoms with E-state index >= 15 is 0 Å². The van der Waals surface area contributed by atoms with Gasteiger partial charge in [-0.05, 0) is 26.0 Å². The summed E-state index contributed by atoms with van der Waals surface area (Å²) in [5, 5.41) is 11.6. The molecular weight excluding hydrogens is 272 g/mol. The molecule has 21 heavy (non-hydrogen) atoms. The van der Waals surface area contributed by atoms with Crippen LogP contribution in [0.3, 0.4) is 0 Å². The molecule has 0 aliphatic carbocycles. The number of amides is 2. The van der Waals surface area contributed by atoms with Gasteiger partial charge >= 0.3 is 12.0 Å². The highest BCUT2D eigenvalue weighted by atomic mass is 16.5. The number of anilines is 1. The average Bonchev–Trinajstić information content (AvgIpc) is 2.40. The van der Waals surface area contributed by atoms with Gasteiger partial charge in [0.1, 0.15) is 0 Å². The van der Waals surface area contributed by atoms with Crippen LogP contribution in [0.5, 0.6) is 0 Å². The van der Waals surface area contributed by atoms with E-state index in [0.717, 1.165) is 5.56 Å². The predicted molar refractivity (Wildman–Crippen MR) is 80.6 cm³/mol. The summed E-state index contributed by atoms with van der Waals surface area (Å²) in [5.41, 5.74) is 1.74. The molecule has 2 N–H and O–H groups in total. The summed E-state index contributed by atoms with van der Waals surface area (Å²) in [5.74, 6) is -0.940.